The standard InChI is InChI=1S/C12H14N2S2/c13-9-3-4-10-11(7-9)16-12(14-10)15-6-5-8-1-2-8/h3-4,7-8H,1-2,5-6,13H2. The Labute approximate surface area is 103 Å². The van der Waals surface area contributed by atoms with Gasteiger partial charge in [0.15, 0.2) is 4.34 Å². The highest BCUT2D eigenvalue weighted by atomic mass is 32.2. The molecule has 0 amide bonds. The third-order valence-corrected chi connectivity index (χ3v) is 5.04. The smallest absolute Gasteiger partial charge is 0.151 e. The van der Waals surface area contributed by atoms with Crippen LogP contribution in [0.25, 0.3) is 10.2 Å². The minimum Gasteiger partial charge on any atom is -0.399 e. The molecule has 0 aliphatic heterocycles. The van der Waals surface area contributed by atoms with E-state index >= 15 is 0 Å². The van der Waals surface area contributed by atoms with Crippen molar-refractivity contribution in [1.29, 1.82) is 0 Å². The monoisotopic (exact) mass is 250 g/mol. The molecule has 2 aromatic rings. The normalized spacial score (nSPS) is 15.8. The number of nitrogens with two attached hydrogens (primary N) is 1. The molecule has 2 nitrogen and oxygen atoms in total. The molecule has 4 heteroatoms. The summed E-state index contributed by atoms with van der Waals surface area (Å²) in [4.78, 5) is 4.60. The molecule has 3 rings (SSSR count). The number of hydrogen-bond donors (Lipinski definition) is 1. The van der Waals surface area contributed by atoms with Gasteiger partial charge in [0, 0.05) is 11.4 Å². The zero-order valence-electron chi connectivity index (χ0n) is 8.98. The molecule has 1 aliphatic rings. The summed E-state index contributed by atoms with van der Waals surface area (Å²) in [6.45, 7) is 0. The largest absolute Gasteiger partial charge is 0.399 e. The summed E-state index contributed by atoms with van der Waals surface area (Å²) in [6.07, 6.45) is 4.23. The van der Waals surface area contributed by atoms with Crippen LogP contribution in [-0.4, -0.2) is 10.7 Å². The number of fused-ring (bicyclic) bond motifs is 1. The van der Waals surface area contributed by atoms with Crippen molar-refractivity contribution in [3.05, 3.63) is 18.2 Å². The highest BCUT2D eigenvalue weighted by Gasteiger charge is 2.20. The maximum absolute atomic E-state index is 5.75. The van der Waals surface area contributed by atoms with Crippen molar-refractivity contribution in [3.63, 3.8) is 0 Å². The van der Waals surface area contributed by atoms with E-state index in [1.165, 1.54) is 34.1 Å². The van der Waals surface area contributed by atoms with Gasteiger partial charge in [-0.25, -0.2) is 4.98 Å². The number of thioether (sulfide) groups is 1. The predicted molar refractivity (Wildman–Crippen MR) is 72.1 cm³/mol. The minimum absolute atomic E-state index is 0.825. The summed E-state index contributed by atoms with van der Waals surface area (Å²) in [5, 5.41) is 0. The van der Waals surface area contributed by atoms with Gasteiger partial charge in [-0.3, -0.25) is 0 Å². The first-order valence-electron chi connectivity index (χ1n) is 5.60. The molecule has 1 saturated carbocycles. The van der Waals surface area contributed by atoms with Gasteiger partial charge in [-0.1, -0.05) is 24.6 Å². The molecule has 0 spiro atoms. The Morgan fingerprint density at radius 3 is 3.12 bits per heavy atom. The van der Waals surface area contributed by atoms with E-state index in [0.717, 1.165) is 17.1 Å². The quantitative estimate of drug-likeness (QED) is 0.663. The van der Waals surface area contributed by atoms with Gasteiger partial charge in [0.1, 0.15) is 0 Å². The van der Waals surface area contributed by atoms with Crippen molar-refractivity contribution in [1.82, 2.24) is 4.98 Å². The van der Waals surface area contributed by atoms with Crippen LogP contribution in [0.1, 0.15) is 19.3 Å². The van der Waals surface area contributed by atoms with Gasteiger partial charge in [-0.2, -0.15) is 0 Å². The number of aromatic nitrogens is 1. The molecule has 84 valence electrons. The van der Waals surface area contributed by atoms with Gasteiger partial charge >= 0.3 is 0 Å². The van der Waals surface area contributed by atoms with Crippen LogP contribution in [0.15, 0.2) is 22.5 Å². The van der Waals surface area contributed by atoms with Crippen LogP contribution in [0.5, 0.6) is 0 Å². The van der Waals surface area contributed by atoms with E-state index in [-0.39, 0.29) is 0 Å². The van der Waals surface area contributed by atoms with Crippen LogP contribution in [-0.2, 0) is 0 Å². The fraction of sp³-hybridized carbons (Fsp3) is 0.417. The van der Waals surface area contributed by atoms with Gasteiger partial charge in [-0.05, 0) is 30.5 Å². The number of anilines is 1. The average molecular weight is 250 g/mol. The Bertz CT molecular complexity index is 503. The molecule has 1 fully saturated rings. The number of benzene rings is 1. The number of rotatable bonds is 4. The van der Waals surface area contributed by atoms with Gasteiger partial charge in [0.25, 0.3) is 0 Å². The lowest BCUT2D eigenvalue weighted by Gasteiger charge is -1.94. The Kier molecular flexibility index (Phi) is 2.77. The highest BCUT2D eigenvalue weighted by Crippen LogP contribution is 2.36. The zero-order chi connectivity index (χ0) is 11.0. The van der Waals surface area contributed by atoms with Crippen molar-refractivity contribution >= 4 is 39.0 Å². The van der Waals surface area contributed by atoms with Gasteiger partial charge < -0.3 is 5.73 Å². The second-order valence-electron chi connectivity index (χ2n) is 4.29. The van der Waals surface area contributed by atoms with Crippen LogP contribution >= 0.6 is 23.1 Å². The Morgan fingerprint density at radius 2 is 2.31 bits per heavy atom. The summed E-state index contributed by atoms with van der Waals surface area (Å²) in [7, 11) is 0. The van der Waals surface area contributed by atoms with Crippen molar-refractivity contribution in [2.45, 2.75) is 23.6 Å². The summed E-state index contributed by atoms with van der Waals surface area (Å²) >= 11 is 3.64. The number of nitrogen functional groups attached to an aromatic ring is 1. The van der Waals surface area contributed by atoms with Gasteiger partial charge in [-0.15, -0.1) is 11.3 Å². The summed E-state index contributed by atoms with van der Waals surface area (Å²) in [6, 6.07) is 5.94. The molecule has 0 atom stereocenters. The lowest BCUT2D eigenvalue weighted by molar-refractivity contribution is 0.809. The molecular weight excluding hydrogens is 236 g/mol. The van der Waals surface area contributed by atoms with Crippen molar-refractivity contribution in [2.75, 3.05) is 11.5 Å². The summed E-state index contributed by atoms with van der Waals surface area (Å²) in [5.74, 6) is 2.22. The van der Waals surface area contributed by atoms with Gasteiger partial charge in [0.05, 0.1) is 10.2 Å². The number of thiazole rings is 1. The van der Waals surface area contributed by atoms with E-state index in [2.05, 4.69) is 4.98 Å². The molecule has 0 radical (unpaired) electrons. The number of hydrogen-bond acceptors (Lipinski definition) is 4. The fourth-order valence-corrected chi connectivity index (χ4v) is 3.99. The van der Waals surface area contributed by atoms with E-state index in [4.69, 9.17) is 5.73 Å². The highest BCUT2D eigenvalue weighted by molar-refractivity contribution is 8.01. The molecule has 2 N–H and O–H groups in total. The first-order valence-corrected chi connectivity index (χ1v) is 7.40. The van der Waals surface area contributed by atoms with Crippen molar-refractivity contribution in [3.8, 4) is 0 Å². The lowest BCUT2D eigenvalue weighted by atomic mass is 10.3. The Hall–Kier alpha value is -0.740. The van der Waals surface area contributed by atoms with Crippen LogP contribution in [0.2, 0.25) is 0 Å². The minimum atomic E-state index is 0.825. The van der Waals surface area contributed by atoms with Crippen LogP contribution < -0.4 is 5.73 Å². The molecular formula is C12H14N2S2. The number of nitrogens with zero attached hydrogens (tertiary/aromatic N) is 1. The maximum Gasteiger partial charge on any atom is 0.151 e. The van der Waals surface area contributed by atoms with Crippen LogP contribution in [0.3, 0.4) is 0 Å². The average Bonchev–Trinajstić information content (AvgIpc) is 2.98. The Balaban J connectivity index is 1.71. The predicted octanol–water partition coefficient (Wildman–Crippen LogP) is 3.77. The second-order valence-corrected chi connectivity index (χ2v) is 6.66. The topological polar surface area (TPSA) is 38.9 Å². The molecule has 1 aliphatic carbocycles. The van der Waals surface area contributed by atoms with E-state index < -0.39 is 0 Å². The Morgan fingerprint density at radius 1 is 1.44 bits per heavy atom. The van der Waals surface area contributed by atoms with Crippen LogP contribution in [0, 0.1) is 5.92 Å². The molecule has 1 aromatic carbocycles. The molecule has 0 unspecified atom stereocenters. The van der Waals surface area contributed by atoms with E-state index in [0.29, 0.717) is 0 Å². The van der Waals surface area contributed by atoms with Crippen LogP contribution in [0.4, 0.5) is 5.69 Å². The van der Waals surface area contributed by atoms with Crippen molar-refractivity contribution < 1.29 is 0 Å². The SMILES string of the molecule is Nc1ccc2nc(SCCC3CC3)sc2c1. The third-order valence-electron chi connectivity index (χ3n) is 2.84. The van der Waals surface area contributed by atoms with Crippen molar-refractivity contribution in [2.24, 2.45) is 5.92 Å². The molecule has 1 heterocycles. The first-order chi connectivity index (χ1) is 7.81. The first kappa shape index (κ1) is 10.4. The summed E-state index contributed by atoms with van der Waals surface area (Å²) < 4.78 is 2.38. The fourth-order valence-electron chi connectivity index (χ4n) is 1.70. The summed E-state index contributed by atoms with van der Waals surface area (Å²) in [5.41, 5.74) is 7.66. The van der Waals surface area contributed by atoms with E-state index in [1.807, 2.05) is 30.0 Å². The van der Waals surface area contributed by atoms with Gasteiger partial charge in [0.2, 0.25) is 0 Å². The lowest BCUT2D eigenvalue weighted by Crippen LogP contribution is -1.81. The molecule has 0 bridgehead atoms. The van der Waals surface area contributed by atoms with E-state index in [1.54, 1.807) is 11.3 Å². The molecule has 16 heavy (non-hydrogen) atoms. The molecule has 1 aromatic heterocycles. The van der Waals surface area contributed by atoms with E-state index in [9.17, 15) is 0 Å². The maximum atomic E-state index is 5.75. The second kappa shape index (κ2) is 4.26. The zero-order valence-corrected chi connectivity index (χ0v) is 10.6. The molecule has 0 saturated heterocycles. The third kappa shape index (κ3) is 2.33.